The smallest absolute Gasteiger partial charge is 0.189 e. The van der Waals surface area contributed by atoms with Crippen LogP contribution in [0.15, 0.2) is 41.3 Å². The van der Waals surface area contributed by atoms with Crippen LogP contribution < -0.4 is 10.1 Å². The molecule has 1 N–H and O–H groups in total. The van der Waals surface area contributed by atoms with E-state index < -0.39 is 59.4 Å². The Hall–Kier alpha value is -1.79. The van der Waals surface area contributed by atoms with E-state index in [0.29, 0.717) is 5.02 Å². The van der Waals surface area contributed by atoms with Crippen molar-refractivity contribution in [3.63, 3.8) is 0 Å². The summed E-state index contributed by atoms with van der Waals surface area (Å²) in [6.07, 6.45) is -1.07. The normalized spacial score (nSPS) is 24.2. The van der Waals surface area contributed by atoms with Crippen LogP contribution in [-0.4, -0.2) is 60.2 Å². The van der Waals surface area contributed by atoms with Crippen LogP contribution >= 0.6 is 11.6 Å². The van der Waals surface area contributed by atoms with E-state index >= 15 is 4.39 Å². The maximum Gasteiger partial charge on any atom is 0.189 e. The molecule has 0 amide bonds. The summed E-state index contributed by atoms with van der Waals surface area (Å²) in [4.78, 5) is -0.109. The van der Waals surface area contributed by atoms with Crippen molar-refractivity contribution in [2.75, 3.05) is 31.8 Å². The van der Waals surface area contributed by atoms with Gasteiger partial charge in [0.2, 0.25) is 0 Å². The van der Waals surface area contributed by atoms with Crippen LogP contribution in [0.3, 0.4) is 0 Å². The standard InChI is InChI=1S/C25H30ClF2NO6S2/c1-24(2,29-3)15-36(30,31)13-10-21-18-14-35-23-20(28)9-8-19(27)22(23)25(18,11-12-34-21)37(32,33)17-6-4-16(26)5-7-17/h4-9,18,21,29H,10-15H2,1-3H3/t18-,21-,25-/m0/s1. The molecular formula is C25H30ClF2NO6S2. The molecule has 0 aromatic heterocycles. The first-order valence-corrected chi connectivity index (χ1v) is 15.5. The summed E-state index contributed by atoms with van der Waals surface area (Å²) < 4.78 is 94.1. The van der Waals surface area contributed by atoms with E-state index in [1.807, 2.05) is 0 Å². The van der Waals surface area contributed by atoms with Crippen LogP contribution in [0.25, 0.3) is 0 Å². The lowest BCUT2D eigenvalue weighted by Crippen LogP contribution is -2.57. The van der Waals surface area contributed by atoms with Crippen LogP contribution in [-0.2, 0) is 29.2 Å². The Morgan fingerprint density at radius 1 is 1.08 bits per heavy atom. The highest BCUT2D eigenvalue weighted by molar-refractivity contribution is 7.92. The Morgan fingerprint density at radius 3 is 2.38 bits per heavy atom. The number of halogens is 3. The predicted molar refractivity (Wildman–Crippen MR) is 136 cm³/mol. The Kier molecular flexibility index (Phi) is 7.68. The van der Waals surface area contributed by atoms with Gasteiger partial charge in [-0.15, -0.1) is 0 Å². The van der Waals surface area contributed by atoms with Crippen LogP contribution in [0.1, 0.15) is 32.3 Å². The molecule has 0 spiro atoms. The van der Waals surface area contributed by atoms with Gasteiger partial charge in [0.1, 0.15) is 10.6 Å². The summed E-state index contributed by atoms with van der Waals surface area (Å²) in [5.74, 6) is -3.63. The quantitative estimate of drug-likeness (QED) is 0.508. The molecule has 37 heavy (non-hydrogen) atoms. The van der Waals surface area contributed by atoms with Crippen LogP contribution in [0.2, 0.25) is 5.02 Å². The van der Waals surface area contributed by atoms with E-state index in [-0.39, 0.29) is 48.0 Å². The topological polar surface area (TPSA) is 98.8 Å². The monoisotopic (exact) mass is 577 g/mol. The highest BCUT2D eigenvalue weighted by Crippen LogP contribution is 2.55. The zero-order valence-corrected chi connectivity index (χ0v) is 23.2. The van der Waals surface area contributed by atoms with Gasteiger partial charge in [-0.25, -0.2) is 25.6 Å². The average molecular weight is 578 g/mol. The first kappa shape index (κ1) is 28.2. The van der Waals surface area contributed by atoms with Crippen LogP contribution in [0, 0.1) is 17.6 Å². The second-order valence-electron chi connectivity index (χ2n) is 10.2. The van der Waals surface area contributed by atoms with Crippen molar-refractivity contribution in [1.29, 1.82) is 0 Å². The summed E-state index contributed by atoms with van der Waals surface area (Å²) in [6, 6.07) is 7.25. The van der Waals surface area contributed by atoms with E-state index in [9.17, 15) is 21.2 Å². The highest BCUT2D eigenvalue weighted by Gasteiger charge is 2.61. The number of hydrogen-bond acceptors (Lipinski definition) is 7. The molecule has 0 bridgehead atoms. The van der Waals surface area contributed by atoms with Crippen molar-refractivity contribution in [1.82, 2.24) is 5.32 Å². The Bertz CT molecular complexity index is 1380. The molecule has 0 unspecified atom stereocenters. The molecule has 2 heterocycles. The Morgan fingerprint density at radius 2 is 1.73 bits per heavy atom. The van der Waals surface area contributed by atoms with Gasteiger partial charge in [-0.2, -0.15) is 0 Å². The first-order valence-electron chi connectivity index (χ1n) is 11.9. The highest BCUT2D eigenvalue weighted by atomic mass is 35.5. The zero-order chi connectivity index (χ0) is 27.2. The van der Waals surface area contributed by atoms with Gasteiger partial charge in [0.25, 0.3) is 0 Å². The molecule has 4 rings (SSSR count). The molecule has 0 radical (unpaired) electrons. The molecule has 0 aliphatic carbocycles. The number of nitrogens with one attached hydrogen (secondary N) is 1. The van der Waals surface area contributed by atoms with Crippen molar-refractivity contribution in [3.05, 3.63) is 58.6 Å². The van der Waals surface area contributed by atoms with Gasteiger partial charge in [-0.1, -0.05) is 11.6 Å². The molecule has 2 aromatic carbocycles. The van der Waals surface area contributed by atoms with Gasteiger partial charge < -0.3 is 14.8 Å². The third-order valence-corrected chi connectivity index (χ3v) is 12.2. The minimum absolute atomic E-state index is 0.0275. The van der Waals surface area contributed by atoms with Crippen molar-refractivity contribution in [3.8, 4) is 5.75 Å². The molecule has 2 aliphatic rings. The van der Waals surface area contributed by atoms with E-state index in [4.69, 9.17) is 21.1 Å². The molecule has 3 atom stereocenters. The number of ether oxygens (including phenoxy) is 2. The molecule has 2 aromatic rings. The molecule has 1 saturated heterocycles. The van der Waals surface area contributed by atoms with E-state index in [2.05, 4.69) is 5.32 Å². The van der Waals surface area contributed by atoms with Crippen molar-refractivity contribution < 1.29 is 35.1 Å². The zero-order valence-electron chi connectivity index (χ0n) is 20.8. The summed E-state index contributed by atoms with van der Waals surface area (Å²) in [5.41, 5.74) is -1.05. The Balaban J connectivity index is 1.81. The summed E-state index contributed by atoms with van der Waals surface area (Å²) in [7, 11) is -6.25. The van der Waals surface area contributed by atoms with Gasteiger partial charge in [0.05, 0.1) is 34.7 Å². The van der Waals surface area contributed by atoms with Gasteiger partial charge >= 0.3 is 0 Å². The number of benzene rings is 2. The summed E-state index contributed by atoms with van der Waals surface area (Å²) in [6.45, 7) is 3.14. The van der Waals surface area contributed by atoms with E-state index in [1.54, 1.807) is 20.9 Å². The maximum atomic E-state index is 15.4. The fourth-order valence-electron chi connectivity index (χ4n) is 5.32. The van der Waals surface area contributed by atoms with Crippen LogP contribution in [0.5, 0.6) is 5.75 Å². The Labute approximate surface area is 221 Å². The molecule has 204 valence electrons. The van der Waals surface area contributed by atoms with Crippen molar-refractivity contribution in [2.45, 2.75) is 48.0 Å². The van der Waals surface area contributed by atoms with E-state index in [0.717, 1.165) is 12.1 Å². The largest absolute Gasteiger partial charge is 0.490 e. The lowest BCUT2D eigenvalue weighted by Gasteiger charge is -2.50. The lowest BCUT2D eigenvalue weighted by molar-refractivity contribution is -0.0732. The maximum absolute atomic E-state index is 15.4. The SMILES string of the molecule is CNC(C)(C)CS(=O)(=O)CC[C@@H]1OCC[C@@]2(S(=O)(=O)c3ccc(Cl)cc3)c3c(F)ccc(F)c3OC[C@@H]12. The first-order chi connectivity index (χ1) is 17.2. The van der Waals surface area contributed by atoms with Gasteiger partial charge in [-0.05, 0) is 70.1 Å². The second-order valence-corrected chi connectivity index (χ2v) is 15.0. The molecule has 12 heteroatoms. The molecule has 2 aliphatic heterocycles. The summed E-state index contributed by atoms with van der Waals surface area (Å²) in [5, 5.41) is 3.27. The predicted octanol–water partition coefficient (Wildman–Crippen LogP) is 3.89. The van der Waals surface area contributed by atoms with E-state index in [1.165, 1.54) is 24.3 Å². The molecule has 1 fully saturated rings. The molecule has 0 saturated carbocycles. The third-order valence-electron chi connectivity index (χ3n) is 7.32. The summed E-state index contributed by atoms with van der Waals surface area (Å²) >= 11 is 5.97. The fourth-order valence-corrected chi connectivity index (χ4v) is 9.77. The van der Waals surface area contributed by atoms with Crippen LogP contribution in [0.4, 0.5) is 8.78 Å². The minimum atomic E-state index is -4.36. The number of rotatable bonds is 8. The minimum Gasteiger partial charge on any atom is -0.490 e. The van der Waals surface area contributed by atoms with Gasteiger partial charge in [0.15, 0.2) is 31.2 Å². The second kappa shape index (κ2) is 10.1. The average Bonchev–Trinajstić information content (AvgIpc) is 2.84. The number of fused-ring (bicyclic) bond motifs is 3. The van der Waals surface area contributed by atoms with Gasteiger partial charge in [-0.3, -0.25) is 0 Å². The third kappa shape index (κ3) is 5.13. The van der Waals surface area contributed by atoms with Gasteiger partial charge in [0, 0.05) is 23.1 Å². The van der Waals surface area contributed by atoms with Crippen molar-refractivity contribution in [2.24, 2.45) is 5.92 Å². The number of sulfone groups is 2. The number of hydrogen-bond donors (Lipinski definition) is 1. The fraction of sp³-hybridized carbons (Fsp3) is 0.520. The van der Waals surface area contributed by atoms with Crippen molar-refractivity contribution >= 4 is 31.3 Å². The molecule has 7 nitrogen and oxygen atoms in total. The lowest BCUT2D eigenvalue weighted by atomic mass is 9.75. The molecular weight excluding hydrogens is 548 g/mol.